The summed E-state index contributed by atoms with van der Waals surface area (Å²) in [7, 11) is 0. The van der Waals surface area contributed by atoms with E-state index in [9.17, 15) is 9.59 Å². The monoisotopic (exact) mass is 355 g/mol. The predicted octanol–water partition coefficient (Wildman–Crippen LogP) is 1.67. The lowest BCUT2D eigenvalue weighted by atomic mass is 10.2. The van der Waals surface area contributed by atoms with Crippen molar-refractivity contribution in [1.82, 2.24) is 14.9 Å². The average molecular weight is 356 g/mol. The van der Waals surface area contributed by atoms with Crippen LogP contribution in [0.5, 0.6) is 0 Å². The van der Waals surface area contributed by atoms with Gasteiger partial charge in [0.05, 0.1) is 0 Å². The molecule has 0 bridgehead atoms. The highest BCUT2D eigenvalue weighted by molar-refractivity contribution is 7.80. The Kier molecular flexibility index (Phi) is 7.97. The van der Waals surface area contributed by atoms with Crippen LogP contribution in [0.3, 0.4) is 0 Å². The van der Waals surface area contributed by atoms with E-state index in [1.165, 1.54) is 4.57 Å². The molecule has 1 rings (SSSR count). The quantitative estimate of drug-likeness (QED) is 0.614. The van der Waals surface area contributed by atoms with Gasteiger partial charge in [0, 0.05) is 19.6 Å². The van der Waals surface area contributed by atoms with E-state index in [0.717, 1.165) is 19.3 Å². The first-order valence-corrected chi connectivity index (χ1v) is 8.92. The van der Waals surface area contributed by atoms with Crippen molar-refractivity contribution in [3.63, 3.8) is 0 Å². The van der Waals surface area contributed by atoms with Crippen molar-refractivity contribution in [3.8, 4) is 0 Å². The molecule has 0 saturated carbocycles. The minimum atomic E-state index is -0.508. The van der Waals surface area contributed by atoms with Crippen molar-refractivity contribution >= 4 is 28.8 Å². The molecule has 0 fully saturated rings. The van der Waals surface area contributed by atoms with Crippen molar-refractivity contribution in [1.29, 1.82) is 0 Å². The number of aromatic amines is 1. The molecule has 0 aliphatic carbocycles. The zero-order valence-electron chi connectivity index (χ0n) is 15.0. The molecule has 1 aromatic rings. The topological polar surface area (TPSA) is 96.2 Å². The molecule has 0 aliphatic rings. The molecule has 8 heteroatoms. The van der Waals surface area contributed by atoms with Crippen molar-refractivity contribution < 1.29 is 0 Å². The van der Waals surface area contributed by atoms with Gasteiger partial charge >= 0.3 is 5.69 Å². The number of nitrogens with one attached hydrogen (secondary N) is 2. The van der Waals surface area contributed by atoms with Gasteiger partial charge in [-0.2, -0.15) is 0 Å². The Balaban J connectivity index is 3.37. The Morgan fingerprint density at radius 2 is 2.00 bits per heavy atom. The summed E-state index contributed by atoms with van der Waals surface area (Å²) in [6, 6.07) is 0. The van der Waals surface area contributed by atoms with E-state index >= 15 is 0 Å². The number of thiocarbonyl (C=S) groups is 1. The van der Waals surface area contributed by atoms with Crippen LogP contribution in [-0.4, -0.2) is 27.8 Å². The summed E-state index contributed by atoms with van der Waals surface area (Å²) < 4.78 is 1.41. The molecule has 1 heterocycles. The van der Waals surface area contributed by atoms with Crippen LogP contribution in [0.1, 0.15) is 47.0 Å². The molecule has 7 nitrogen and oxygen atoms in total. The number of unbranched alkanes of at least 4 members (excludes halogenated alkanes) is 1. The van der Waals surface area contributed by atoms with E-state index in [-0.39, 0.29) is 17.4 Å². The number of nitrogen functional groups attached to an aromatic ring is 1. The van der Waals surface area contributed by atoms with E-state index < -0.39 is 11.2 Å². The molecule has 0 aromatic carbocycles. The minimum absolute atomic E-state index is 0.165. The second kappa shape index (κ2) is 9.46. The largest absolute Gasteiger partial charge is 0.383 e. The molecule has 24 heavy (non-hydrogen) atoms. The van der Waals surface area contributed by atoms with Crippen LogP contribution < -0.4 is 27.2 Å². The summed E-state index contributed by atoms with van der Waals surface area (Å²) in [5.41, 5.74) is 5.44. The average Bonchev–Trinajstić information content (AvgIpc) is 2.50. The SMILES string of the molecule is CCCCn1c(N)c(N(CC(C)C)C(=S)NCCC)c(=O)[nH]c1=O. The number of hydrogen-bond donors (Lipinski definition) is 3. The van der Waals surface area contributed by atoms with Gasteiger partial charge in [0.25, 0.3) is 5.56 Å². The molecular formula is C16H29N5O2S. The second-order valence-corrected chi connectivity index (χ2v) is 6.62. The van der Waals surface area contributed by atoms with Gasteiger partial charge in [-0.05, 0) is 31.0 Å². The number of rotatable bonds is 8. The summed E-state index contributed by atoms with van der Waals surface area (Å²) in [4.78, 5) is 28.5. The van der Waals surface area contributed by atoms with Crippen LogP contribution >= 0.6 is 12.2 Å². The normalized spacial score (nSPS) is 10.9. The van der Waals surface area contributed by atoms with Crippen molar-refractivity contribution in [2.24, 2.45) is 5.92 Å². The molecule has 1 aromatic heterocycles. The lowest BCUT2D eigenvalue weighted by Gasteiger charge is -2.28. The maximum Gasteiger partial charge on any atom is 0.330 e. The molecule has 0 amide bonds. The maximum atomic E-state index is 12.4. The van der Waals surface area contributed by atoms with Crippen molar-refractivity contribution in [2.45, 2.75) is 53.5 Å². The van der Waals surface area contributed by atoms with E-state index in [2.05, 4.69) is 10.3 Å². The first-order chi connectivity index (χ1) is 11.3. The van der Waals surface area contributed by atoms with Crippen molar-refractivity contribution in [3.05, 3.63) is 20.8 Å². The molecule has 0 radical (unpaired) electrons. The Hall–Kier alpha value is -1.83. The van der Waals surface area contributed by atoms with Crippen LogP contribution in [0.4, 0.5) is 11.5 Å². The first kappa shape index (κ1) is 20.2. The standard InChI is InChI=1S/C16H29N5O2S/c1-5-7-9-20-13(17)12(14(22)19-15(20)23)21(10-11(3)4)16(24)18-8-6-2/h11H,5-10,17H2,1-4H3,(H,18,24)(H,19,22,23). The van der Waals surface area contributed by atoms with Crippen molar-refractivity contribution in [2.75, 3.05) is 23.7 Å². The zero-order chi connectivity index (χ0) is 18.3. The summed E-state index contributed by atoms with van der Waals surface area (Å²) in [6.45, 7) is 9.85. The third-order valence-electron chi connectivity index (χ3n) is 3.54. The lowest BCUT2D eigenvalue weighted by molar-refractivity contribution is 0.600. The third-order valence-corrected chi connectivity index (χ3v) is 3.90. The van der Waals surface area contributed by atoms with Gasteiger partial charge in [0.15, 0.2) is 10.8 Å². The highest BCUT2D eigenvalue weighted by Crippen LogP contribution is 2.18. The molecule has 0 saturated heterocycles. The van der Waals surface area contributed by atoms with E-state index in [4.69, 9.17) is 18.0 Å². The second-order valence-electron chi connectivity index (χ2n) is 6.23. The minimum Gasteiger partial charge on any atom is -0.383 e. The summed E-state index contributed by atoms with van der Waals surface area (Å²) in [5.74, 6) is 0.430. The van der Waals surface area contributed by atoms with Crippen LogP contribution in [0.2, 0.25) is 0 Å². The van der Waals surface area contributed by atoms with Gasteiger partial charge in [-0.15, -0.1) is 0 Å². The van der Waals surface area contributed by atoms with Gasteiger partial charge in [0.1, 0.15) is 5.82 Å². The molecule has 0 aliphatic heterocycles. The fourth-order valence-corrected chi connectivity index (χ4v) is 2.61. The molecule has 0 spiro atoms. The Morgan fingerprint density at radius 3 is 2.54 bits per heavy atom. The number of hydrogen-bond acceptors (Lipinski definition) is 4. The van der Waals surface area contributed by atoms with Gasteiger partial charge in [0.2, 0.25) is 0 Å². The molecule has 136 valence electrons. The number of nitrogens with zero attached hydrogens (tertiary/aromatic N) is 2. The number of nitrogens with two attached hydrogens (primary N) is 1. The lowest BCUT2D eigenvalue weighted by Crippen LogP contribution is -2.47. The molecule has 4 N–H and O–H groups in total. The summed E-state index contributed by atoms with van der Waals surface area (Å²) in [5, 5.41) is 3.58. The molecule has 0 unspecified atom stereocenters. The van der Waals surface area contributed by atoms with E-state index in [1.54, 1.807) is 4.90 Å². The first-order valence-electron chi connectivity index (χ1n) is 8.51. The number of aromatic nitrogens is 2. The van der Waals surface area contributed by atoms with Gasteiger partial charge in [-0.1, -0.05) is 34.1 Å². The van der Waals surface area contributed by atoms with Crippen LogP contribution in [0.25, 0.3) is 0 Å². The summed E-state index contributed by atoms with van der Waals surface area (Å²) >= 11 is 5.44. The zero-order valence-corrected chi connectivity index (χ0v) is 15.8. The maximum absolute atomic E-state index is 12.4. The fourth-order valence-electron chi connectivity index (χ4n) is 2.34. The van der Waals surface area contributed by atoms with Gasteiger partial charge in [-0.25, -0.2) is 4.79 Å². The van der Waals surface area contributed by atoms with E-state index in [1.807, 2.05) is 27.7 Å². The highest BCUT2D eigenvalue weighted by Gasteiger charge is 2.22. The summed E-state index contributed by atoms with van der Waals surface area (Å²) in [6.07, 6.45) is 2.64. The molecule has 0 atom stereocenters. The number of anilines is 2. The van der Waals surface area contributed by atoms with E-state index in [0.29, 0.717) is 24.7 Å². The highest BCUT2D eigenvalue weighted by atomic mass is 32.1. The molecular weight excluding hydrogens is 326 g/mol. The van der Waals surface area contributed by atoms with Crippen LogP contribution in [-0.2, 0) is 6.54 Å². The smallest absolute Gasteiger partial charge is 0.330 e. The Labute approximate surface area is 148 Å². The number of H-pyrrole nitrogens is 1. The fraction of sp³-hybridized carbons (Fsp3) is 0.688. The third kappa shape index (κ3) is 5.09. The Morgan fingerprint density at radius 1 is 1.33 bits per heavy atom. The van der Waals surface area contributed by atoms with Gasteiger partial charge in [-0.3, -0.25) is 14.3 Å². The van der Waals surface area contributed by atoms with Crippen LogP contribution in [0, 0.1) is 5.92 Å². The Bertz CT molecular complexity index is 665. The van der Waals surface area contributed by atoms with Crippen LogP contribution in [0.15, 0.2) is 9.59 Å². The van der Waals surface area contributed by atoms with Gasteiger partial charge < -0.3 is 16.0 Å². The predicted molar refractivity (Wildman–Crippen MR) is 104 cm³/mol.